The topological polar surface area (TPSA) is 88.2 Å². The number of carbonyl (C=O) groups excluding carboxylic acids is 1. The second-order valence-corrected chi connectivity index (χ2v) is 5.50. The fraction of sp³-hybridized carbons (Fsp3) is 0.571. The monoisotopic (exact) mass is 265 g/mol. The van der Waals surface area contributed by atoms with Gasteiger partial charge in [0.2, 0.25) is 5.91 Å². The largest absolute Gasteiger partial charge is 0.396 e. The Hall–Kier alpha value is -1.46. The zero-order valence-electron chi connectivity index (χ0n) is 11.6. The summed E-state index contributed by atoms with van der Waals surface area (Å²) in [6.07, 6.45) is 4.93. The van der Waals surface area contributed by atoms with Crippen LogP contribution in [0.3, 0.4) is 0 Å². The molecule has 5 nitrogen and oxygen atoms in total. The van der Waals surface area contributed by atoms with E-state index in [-0.39, 0.29) is 12.0 Å². The average molecular weight is 265 g/mol. The molecule has 0 saturated carbocycles. The van der Waals surface area contributed by atoms with Crippen LogP contribution < -0.4 is 11.1 Å². The summed E-state index contributed by atoms with van der Waals surface area (Å²) in [5.74, 6) is -0.410. The fourth-order valence-electron chi connectivity index (χ4n) is 1.75. The molecule has 1 amide bonds. The zero-order valence-corrected chi connectivity index (χ0v) is 11.6. The standard InChI is InChI=1S/C14H23N3O2/c1-14(2,10-18)9-17-6-3-4-11-8-16-7-5-12(11)13(15)19/h5,7-8,17-18H,3-4,6,9-10H2,1-2H3,(H2,15,19). The van der Waals surface area contributed by atoms with Crippen LogP contribution in [0.25, 0.3) is 0 Å². The van der Waals surface area contributed by atoms with E-state index >= 15 is 0 Å². The summed E-state index contributed by atoms with van der Waals surface area (Å²) in [5, 5.41) is 12.4. The number of pyridine rings is 1. The van der Waals surface area contributed by atoms with E-state index in [1.54, 1.807) is 18.5 Å². The fourth-order valence-corrected chi connectivity index (χ4v) is 1.75. The van der Waals surface area contributed by atoms with Crippen LogP contribution in [0.4, 0.5) is 0 Å². The van der Waals surface area contributed by atoms with Gasteiger partial charge in [0, 0.05) is 36.5 Å². The summed E-state index contributed by atoms with van der Waals surface area (Å²) >= 11 is 0. The normalized spacial score (nSPS) is 11.5. The van der Waals surface area contributed by atoms with Gasteiger partial charge in [0.15, 0.2) is 0 Å². The molecular formula is C14H23N3O2. The van der Waals surface area contributed by atoms with E-state index in [0.717, 1.165) is 31.5 Å². The van der Waals surface area contributed by atoms with Crippen molar-refractivity contribution in [2.24, 2.45) is 11.1 Å². The van der Waals surface area contributed by atoms with Crippen molar-refractivity contribution in [2.45, 2.75) is 26.7 Å². The van der Waals surface area contributed by atoms with Crippen LogP contribution in [-0.4, -0.2) is 35.7 Å². The van der Waals surface area contributed by atoms with E-state index < -0.39 is 5.91 Å². The molecule has 5 heteroatoms. The molecule has 1 rings (SSSR count). The molecule has 0 radical (unpaired) electrons. The van der Waals surface area contributed by atoms with Gasteiger partial charge in [-0.3, -0.25) is 9.78 Å². The minimum absolute atomic E-state index is 0.104. The molecule has 4 N–H and O–H groups in total. The number of amides is 1. The van der Waals surface area contributed by atoms with Crippen molar-refractivity contribution >= 4 is 5.91 Å². The minimum atomic E-state index is -0.410. The Morgan fingerprint density at radius 2 is 2.26 bits per heavy atom. The molecule has 0 atom stereocenters. The minimum Gasteiger partial charge on any atom is -0.396 e. The number of aryl methyl sites for hydroxylation is 1. The summed E-state index contributed by atoms with van der Waals surface area (Å²) in [7, 11) is 0. The van der Waals surface area contributed by atoms with Crippen LogP contribution in [0.15, 0.2) is 18.5 Å². The SMILES string of the molecule is CC(C)(CO)CNCCCc1cnccc1C(N)=O. The van der Waals surface area contributed by atoms with Crippen molar-refractivity contribution < 1.29 is 9.90 Å². The highest BCUT2D eigenvalue weighted by atomic mass is 16.3. The Morgan fingerprint density at radius 1 is 1.53 bits per heavy atom. The smallest absolute Gasteiger partial charge is 0.249 e. The molecule has 0 fully saturated rings. The third-order valence-corrected chi connectivity index (χ3v) is 3.00. The summed E-state index contributed by atoms with van der Waals surface area (Å²) in [6.45, 7) is 5.77. The summed E-state index contributed by atoms with van der Waals surface area (Å²) in [5.41, 5.74) is 6.64. The number of rotatable bonds is 8. The number of aliphatic hydroxyl groups is 1. The maximum Gasteiger partial charge on any atom is 0.249 e. The third-order valence-electron chi connectivity index (χ3n) is 3.00. The number of nitrogens with zero attached hydrogens (tertiary/aromatic N) is 1. The van der Waals surface area contributed by atoms with Crippen LogP contribution >= 0.6 is 0 Å². The highest BCUT2D eigenvalue weighted by Crippen LogP contribution is 2.11. The first-order valence-electron chi connectivity index (χ1n) is 6.50. The average Bonchev–Trinajstić information content (AvgIpc) is 2.38. The lowest BCUT2D eigenvalue weighted by molar-refractivity contribution is 0.0999. The predicted molar refractivity (Wildman–Crippen MR) is 74.8 cm³/mol. The van der Waals surface area contributed by atoms with E-state index in [1.165, 1.54) is 0 Å². The van der Waals surface area contributed by atoms with E-state index in [2.05, 4.69) is 10.3 Å². The van der Waals surface area contributed by atoms with Crippen LogP contribution in [0.2, 0.25) is 0 Å². The molecular weight excluding hydrogens is 242 g/mol. The van der Waals surface area contributed by atoms with Gasteiger partial charge in [-0.05, 0) is 31.0 Å². The first-order valence-corrected chi connectivity index (χ1v) is 6.50. The summed E-state index contributed by atoms with van der Waals surface area (Å²) in [4.78, 5) is 15.2. The molecule has 1 aromatic heterocycles. The Kier molecular flexibility index (Phi) is 5.92. The van der Waals surface area contributed by atoms with Crippen molar-refractivity contribution in [3.05, 3.63) is 29.6 Å². The predicted octanol–water partition coefficient (Wildman–Crippen LogP) is 0.721. The van der Waals surface area contributed by atoms with Gasteiger partial charge >= 0.3 is 0 Å². The van der Waals surface area contributed by atoms with Gasteiger partial charge in [0.25, 0.3) is 0 Å². The summed E-state index contributed by atoms with van der Waals surface area (Å²) in [6, 6.07) is 1.65. The molecule has 0 spiro atoms. The molecule has 0 unspecified atom stereocenters. The zero-order chi connectivity index (χ0) is 14.3. The van der Waals surface area contributed by atoms with Crippen molar-refractivity contribution in [3.8, 4) is 0 Å². The van der Waals surface area contributed by atoms with Gasteiger partial charge in [-0.1, -0.05) is 13.8 Å². The Bertz CT molecular complexity index is 419. The second kappa shape index (κ2) is 7.21. The van der Waals surface area contributed by atoms with Gasteiger partial charge in [-0.2, -0.15) is 0 Å². The van der Waals surface area contributed by atoms with Gasteiger partial charge in [-0.25, -0.2) is 0 Å². The first kappa shape index (κ1) is 15.6. The van der Waals surface area contributed by atoms with Crippen LogP contribution in [0.5, 0.6) is 0 Å². The molecule has 0 aliphatic heterocycles. The molecule has 0 saturated heterocycles. The van der Waals surface area contributed by atoms with E-state index in [1.807, 2.05) is 13.8 Å². The van der Waals surface area contributed by atoms with Gasteiger partial charge in [0.05, 0.1) is 0 Å². The summed E-state index contributed by atoms with van der Waals surface area (Å²) < 4.78 is 0. The molecule has 106 valence electrons. The molecule has 0 aliphatic rings. The highest BCUT2D eigenvalue weighted by molar-refractivity contribution is 5.94. The van der Waals surface area contributed by atoms with Gasteiger partial charge in [0.1, 0.15) is 0 Å². The van der Waals surface area contributed by atoms with Crippen LogP contribution in [0.1, 0.15) is 36.2 Å². The Morgan fingerprint density at radius 3 is 2.89 bits per heavy atom. The number of carbonyl (C=O) groups is 1. The van der Waals surface area contributed by atoms with Crippen LogP contribution in [0, 0.1) is 5.41 Å². The quantitative estimate of drug-likeness (QED) is 0.604. The maximum absolute atomic E-state index is 11.2. The number of aliphatic hydroxyl groups excluding tert-OH is 1. The lowest BCUT2D eigenvalue weighted by Gasteiger charge is -2.21. The number of aromatic nitrogens is 1. The Balaban J connectivity index is 2.36. The van der Waals surface area contributed by atoms with Crippen molar-refractivity contribution in [2.75, 3.05) is 19.7 Å². The molecule has 0 aromatic carbocycles. The molecule has 19 heavy (non-hydrogen) atoms. The van der Waals surface area contributed by atoms with E-state index in [0.29, 0.717) is 5.56 Å². The number of nitrogens with one attached hydrogen (secondary N) is 1. The van der Waals surface area contributed by atoms with Crippen molar-refractivity contribution in [1.82, 2.24) is 10.3 Å². The number of hydrogen-bond acceptors (Lipinski definition) is 4. The number of primary amides is 1. The Labute approximate surface area is 114 Å². The maximum atomic E-state index is 11.2. The number of hydrogen-bond donors (Lipinski definition) is 3. The van der Waals surface area contributed by atoms with Gasteiger partial charge < -0.3 is 16.2 Å². The van der Waals surface area contributed by atoms with Crippen molar-refractivity contribution in [3.63, 3.8) is 0 Å². The lowest BCUT2D eigenvalue weighted by Crippen LogP contribution is -2.32. The molecule has 1 aromatic rings. The number of nitrogens with two attached hydrogens (primary N) is 1. The highest BCUT2D eigenvalue weighted by Gasteiger charge is 2.15. The van der Waals surface area contributed by atoms with E-state index in [4.69, 9.17) is 10.8 Å². The van der Waals surface area contributed by atoms with E-state index in [9.17, 15) is 4.79 Å². The van der Waals surface area contributed by atoms with Gasteiger partial charge in [-0.15, -0.1) is 0 Å². The lowest BCUT2D eigenvalue weighted by atomic mass is 9.95. The van der Waals surface area contributed by atoms with Crippen LogP contribution in [-0.2, 0) is 6.42 Å². The van der Waals surface area contributed by atoms with Crippen molar-refractivity contribution in [1.29, 1.82) is 0 Å². The third kappa shape index (κ3) is 5.36. The first-order chi connectivity index (χ1) is 8.96. The molecule has 0 aliphatic carbocycles. The second-order valence-electron chi connectivity index (χ2n) is 5.50. The molecule has 1 heterocycles. The molecule has 0 bridgehead atoms.